The van der Waals surface area contributed by atoms with E-state index in [1.165, 1.54) is 6.26 Å². The van der Waals surface area contributed by atoms with E-state index in [4.69, 9.17) is 22.1 Å². The number of alkyl halides is 3. The number of rotatable bonds is 9. The number of nitrogens with one attached hydrogen (secondary N) is 1. The van der Waals surface area contributed by atoms with Crippen molar-refractivity contribution < 1.29 is 40.2 Å². The van der Waals surface area contributed by atoms with Crippen molar-refractivity contribution in [3.63, 3.8) is 0 Å². The molecule has 1 amide bonds. The van der Waals surface area contributed by atoms with Gasteiger partial charge < -0.3 is 20.5 Å². The normalized spacial score (nSPS) is 27.3. The topological polar surface area (TPSA) is 108 Å². The second-order valence-electron chi connectivity index (χ2n) is 11.2. The van der Waals surface area contributed by atoms with Crippen LogP contribution in [0.1, 0.15) is 42.4 Å². The first-order valence-electron chi connectivity index (χ1n) is 13.8. The minimum Gasteiger partial charge on any atom is -0.480 e. The second kappa shape index (κ2) is 12.2. The molecule has 1 saturated carbocycles. The van der Waals surface area contributed by atoms with E-state index in [1.807, 2.05) is 18.2 Å². The second-order valence-corrected chi connectivity index (χ2v) is 13.9. The van der Waals surface area contributed by atoms with Gasteiger partial charge in [0.1, 0.15) is 27.5 Å². The summed E-state index contributed by atoms with van der Waals surface area (Å²) >= 11 is 6.43. The number of halogens is 5. The number of nitrogens with two attached hydrogens (primary N) is 1. The highest BCUT2D eigenvalue weighted by atomic mass is 35.5. The summed E-state index contributed by atoms with van der Waals surface area (Å²) in [5, 5.41) is 2.58. The van der Waals surface area contributed by atoms with Crippen LogP contribution in [-0.4, -0.2) is 57.3 Å². The van der Waals surface area contributed by atoms with Crippen molar-refractivity contribution in [3.05, 3.63) is 81.7 Å². The van der Waals surface area contributed by atoms with Crippen molar-refractivity contribution >= 4 is 32.9 Å². The molecular formula is C30H31ClF4N2O5S. The monoisotopic (exact) mass is 642 g/mol. The van der Waals surface area contributed by atoms with Crippen LogP contribution in [0.25, 0.3) is 5.57 Å². The van der Waals surface area contributed by atoms with Crippen molar-refractivity contribution in [3.8, 4) is 5.75 Å². The fourth-order valence-corrected chi connectivity index (χ4v) is 7.64. The van der Waals surface area contributed by atoms with Crippen LogP contribution in [0.4, 0.5) is 17.6 Å². The Hall–Kier alpha value is -2.93. The average molecular weight is 643 g/mol. The zero-order valence-electron chi connectivity index (χ0n) is 23.2. The zero-order valence-corrected chi connectivity index (χ0v) is 24.7. The third kappa shape index (κ3) is 6.33. The van der Waals surface area contributed by atoms with E-state index in [-0.39, 0.29) is 41.5 Å². The minimum atomic E-state index is -3.31. The number of benzene rings is 2. The van der Waals surface area contributed by atoms with Crippen molar-refractivity contribution in [1.29, 1.82) is 0 Å². The highest BCUT2D eigenvalue weighted by Crippen LogP contribution is 2.50. The molecule has 13 heteroatoms. The Labute approximate surface area is 252 Å². The summed E-state index contributed by atoms with van der Waals surface area (Å²) in [6.45, 7) is -3.10. The Balaban J connectivity index is 1.54. The molecule has 2 aromatic rings. The van der Waals surface area contributed by atoms with Crippen LogP contribution < -0.4 is 15.8 Å². The Morgan fingerprint density at radius 2 is 1.88 bits per heavy atom. The van der Waals surface area contributed by atoms with Crippen LogP contribution in [0.2, 0.25) is 5.02 Å². The predicted octanol–water partition coefficient (Wildman–Crippen LogP) is 5.01. The molecule has 1 aliphatic heterocycles. The van der Waals surface area contributed by atoms with Crippen LogP contribution >= 0.6 is 11.6 Å². The molecule has 1 fully saturated rings. The Morgan fingerprint density at radius 3 is 2.49 bits per heavy atom. The van der Waals surface area contributed by atoms with Crippen molar-refractivity contribution in [2.24, 2.45) is 5.73 Å². The first-order chi connectivity index (χ1) is 20.3. The summed E-state index contributed by atoms with van der Waals surface area (Å²) in [4.78, 5) is 12.4. The average Bonchev–Trinajstić information content (AvgIpc) is 3.33. The molecule has 3 atom stereocenters. The minimum absolute atomic E-state index is 0.0131. The van der Waals surface area contributed by atoms with Gasteiger partial charge in [-0.2, -0.15) is 8.78 Å². The molecule has 0 bridgehead atoms. The van der Waals surface area contributed by atoms with Gasteiger partial charge in [0.05, 0.1) is 10.3 Å². The molecule has 1 unspecified atom stereocenters. The summed E-state index contributed by atoms with van der Waals surface area (Å²) in [5.41, 5.74) is 4.38. The van der Waals surface area contributed by atoms with Crippen LogP contribution in [0.5, 0.6) is 5.75 Å². The number of hydrogen-bond donors (Lipinski definition) is 2. The highest BCUT2D eigenvalue weighted by Gasteiger charge is 2.46. The largest absolute Gasteiger partial charge is 0.480 e. The standard InChI is InChI=1S/C30H31ClF4N2O5S/c1-43(39,40)18-9-7-17(8-10-18)37-15-30(16-5-3-2-4-6-16)14-20-23(42-30)13-21(32)26(31)24(20)25-19(28(36)38)11-12-22(27(25)33)41-29(34)35/h2-6,11-13,17-18,22,27,29,37H,7-10,14-15H2,1H3,(H2,36,38)/t17-,18+,22-,27?,30+/m0/s1. The lowest BCUT2D eigenvalue weighted by molar-refractivity contribution is -0.159. The molecule has 2 aromatic carbocycles. The van der Waals surface area contributed by atoms with E-state index < -0.39 is 61.9 Å². The van der Waals surface area contributed by atoms with Gasteiger partial charge in [0, 0.05) is 53.6 Å². The fraction of sp³-hybridized carbons (Fsp3) is 0.433. The van der Waals surface area contributed by atoms with Gasteiger partial charge in [0.15, 0.2) is 11.8 Å². The fourth-order valence-electron chi connectivity index (χ4n) is 6.24. The molecule has 0 aromatic heterocycles. The van der Waals surface area contributed by atoms with Gasteiger partial charge in [-0.3, -0.25) is 4.79 Å². The number of carbonyl (C=O) groups excluding carboxylic acids is 1. The third-order valence-corrected chi connectivity index (χ3v) is 10.5. The maximum Gasteiger partial charge on any atom is 0.345 e. The van der Waals surface area contributed by atoms with Crippen LogP contribution in [-0.2, 0) is 31.4 Å². The van der Waals surface area contributed by atoms with Gasteiger partial charge in [-0.1, -0.05) is 54.1 Å². The summed E-state index contributed by atoms with van der Waals surface area (Å²) in [7, 11) is -3.14. The van der Waals surface area contributed by atoms with E-state index in [0.717, 1.165) is 18.2 Å². The van der Waals surface area contributed by atoms with E-state index in [0.29, 0.717) is 31.2 Å². The molecule has 5 rings (SSSR count). The summed E-state index contributed by atoms with van der Waals surface area (Å²) in [5.74, 6) is -1.97. The maximum atomic E-state index is 15.9. The highest BCUT2D eigenvalue weighted by molar-refractivity contribution is 7.91. The lowest BCUT2D eigenvalue weighted by Crippen LogP contribution is -2.47. The lowest BCUT2D eigenvalue weighted by atomic mass is 9.82. The SMILES string of the molecule is CS(=O)(=O)[C@H]1CC[C@@H](NC[C@@]2(c3ccccc3)Cc3c(cc(F)c(Cl)c3C3=C(C(N)=O)C=C[C@H](OC(F)F)C3F)O2)CC1. The quantitative estimate of drug-likeness (QED) is 0.373. The van der Waals surface area contributed by atoms with Crippen LogP contribution in [0, 0.1) is 5.82 Å². The molecule has 3 N–H and O–H groups in total. The van der Waals surface area contributed by atoms with Crippen LogP contribution in [0.15, 0.2) is 54.1 Å². The number of ether oxygens (including phenoxy) is 2. The first-order valence-corrected chi connectivity index (χ1v) is 16.1. The first kappa shape index (κ1) is 31.5. The van der Waals surface area contributed by atoms with E-state index >= 15 is 8.78 Å². The number of hydrogen-bond acceptors (Lipinski definition) is 6. The molecule has 0 saturated heterocycles. The van der Waals surface area contributed by atoms with Gasteiger partial charge in [-0.05, 0) is 31.2 Å². The molecule has 1 heterocycles. The number of sulfone groups is 1. The summed E-state index contributed by atoms with van der Waals surface area (Å²) in [6, 6.07) is 10.1. The number of carbonyl (C=O) groups is 1. The van der Waals surface area contributed by atoms with Gasteiger partial charge in [0.25, 0.3) is 0 Å². The molecule has 0 radical (unpaired) electrons. The van der Waals surface area contributed by atoms with Crippen molar-refractivity contribution in [2.75, 3.05) is 12.8 Å². The van der Waals surface area contributed by atoms with Crippen molar-refractivity contribution in [2.45, 2.75) is 67.9 Å². The van der Waals surface area contributed by atoms with Gasteiger partial charge in [-0.25, -0.2) is 17.2 Å². The van der Waals surface area contributed by atoms with Gasteiger partial charge in [0.2, 0.25) is 5.91 Å². The van der Waals surface area contributed by atoms with E-state index in [1.54, 1.807) is 12.1 Å². The lowest BCUT2D eigenvalue weighted by Gasteiger charge is -2.34. The molecule has 7 nitrogen and oxygen atoms in total. The Kier molecular flexibility index (Phi) is 8.95. The zero-order chi connectivity index (χ0) is 31.1. The molecule has 0 spiro atoms. The third-order valence-electron chi connectivity index (χ3n) is 8.41. The molecule has 2 aliphatic carbocycles. The van der Waals surface area contributed by atoms with Crippen LogP contribution in [0.3, 0.4) is 0 Å². The Bertz CT molecular complexity index is 1560. The van der Waals surface area contributed by atoms with Gasteiger partial charge in [-0.15, -0.1) is 0 Å². The smallest absolute Gasteiger partial charge is 0.345 e. The maximum absolute atomic E-state index is 15.9. The van der Waals surface area contributed by atoms with E-state index in [2.05, 4.69) is 10.1 Å². The number of fused-ring (bicyclic) bond motifs is 1. The Morgan fingerprint density at radius 1 is 1.21 bits per heavy atom. The number of amides is 1. The molecule has 232 valence electrons. The molecule has 3 aliphatic rings. The van der Waals surface area contributed by atoms with E-state index in [9.17, 15) is 22.0 Å². The summed E-state index contributed by atoms with van der Waals surface area (Å²) in [6.07, 6.45) is 1.50. The number of primary amides is 1. The van der Waals surface area contributed by atoms with Crippen molar-refractivity contribution in [1.82, 2.24) is 5.32 Å². The summed E-state index contributed by atoms with van der Waals surface area (Å²) < 4.78 is 92.3. The molecule has 43 heavy (non-hydrogen) atoms. The predicted molar refractivity (Wildman–Crippen MR) is 154 cm³/mol. The molecular weight excluding hydrogens is 612 g/mol. The van der Waals surface area contributed by atoms with Gasteiger partial charge >= 0.3 is 6.61 Å².